The molecule has 0 aliphatic rings. The van der Waals surface area contributed by atoms with E-state index in [0.29, 0.717) is 28.2 Å². The largest absolute Gasteiger partial charge is 0.319 e. The van der Waals surface area contributed by atoms with Crippen molar-refractivity contribution in [3.8, 4) is 22.5 Å². The number of halogens is 2. The Morgan fingerprint density at radius 2 is 0.913 bits per heavy atom. The van der Waals surface area contributed by atoms with Crippen molar-refractivity contribution in [3.05, 3.63) is 148 Å². The number of aryl methyl sites for hydroxylation is 4. The van der Waals surface area contributed by atoms with Crippen molar-refractivity contribution in [3.63, 3.8) is 0 Å². The summed E-state index contributed by atoms with van der Waals surface area (Å²) in [5, 5.41) is 4.32. The van der Waals surface area contributed by atoms with Crippen LogP contribution in [0, 0.1) is 45.9 Å². The Morgan fingerprint density at radius 3 is 1.33 bits per heavy atom. The molecule has 0 saturated carbocycles. The molecule has 0 radical (unpaired) electrons. The normalized spacial score (nSPS) is 11.7. The molecule has 0 aliphatic heterocycles. The van der Waals surface area contributed by atoms with E-state index in [4.69, 9.17) is 6.57 Å². The lowest BCUT2D eigenvalue weighted by molar-refractivity contribution is 0.584. The number of hydrogen-bond acceptors (Lipinski definition) is 0. The third-order valence-corrected chi connectivity index (χ3v) is 9.03. The van der Waals surface area contributed by atoms with E-state index in [2.05, 4.69) is 114 Å². The third-order valence-electron chi connectivity index (χ3n) is 9.03. The maximum atomic E-state index is 14.8. The van der Waals surface area contributed by atoms with E-state index < -0.39 is 11.6 Å². The van der Waals surface area contributed by atoms with E-state index in [0.717, 1.165) is 71.9 Å². The van der Waals surface area contributed by atoms with Gasteiger partial charge in [-0.1, -0.05) is 52.6 Å². The number of hydrogen-bond donors (Lipinski definition) is 0. The SMILES string of the molecule is [C-]#[N+]c1c(-n2c3ccc(C)cc3c3cc(C)ccc32)ccc(-c2cc(F)cc(F)c2)c1-n1c2ccc(C)cc2c2cc(C)ccc21. The van der Waals surface area contributed by atoms with Crippen LogP contribution in [0.3, 0.4) is 0 Å². The van der Waals surface area contributed by atoms with Gasteiger partial charge < -0.3 is 9.13 Å². The first kappa shape index (κ1) is 27.8. The molecular weight excluding hydrogens is 572 g/mol. The Morgan fingerprint density at radius 1 is 0.500 bits per heavy atom. The maximum absolute atomic E-state index is 14.8. The maximum Gasteiger partial charge on any atom is 0.234 e. The van der Waals surface area contributed by atoms with Gasteiger partial charge in [-0.05, 0) is 106 Å². The van der Waals surface area contributed by atoms with Gasteiger partial charge in [0.1, 0.15) is 11.6 Å². The molecule has 6 aromatic carbocycles. The second-order valence-electron chi connectivity index (χ2n) is 12.4. The minimum atomic E-state index is -0.670. The van der Waals surface area contributed by atoms with Gasteiger partial charge in [-0.2, -0.15) is 0 Å². The topological polar surface area (TPSA) is 14.2 Å². The number of benzene rings is 6. The summed E-state index contributed by atoms with van der Waals surface area (Å²) in [6.45, 7) is 17.0. The second kappa shape index (κ2) is 10.2. The molecule has 46 heavy (non-hydrogen) atoms. The molecule has 0 amide bonds. The van der Waals surface area contributed by atoms with E-state index in [-0.39, 0.29) is 0 Å². The average Bonchev–Trinajstić information content (AvgIpc) is 3.50. The molecule has 0 aliphatic carbocycles. The van der Waals surface area contributed by atoms with E-state index in [9.17, 15) is 8.78 Å². The Bertz CT molecular complexity index is 2470. The Hall–Kier alpha value is -5.73. The fourth-order valence-corrected chi connectivity index (χ4v) is 7.03. The molecule has 0 saturated heterocycles. The molecule has 8 aromatic rings. The van der Waals surface area contributed by atoms with E-state index in [1.165, 1.54) is 12.1 Å². The summed E-state index contributed by atoms with van der Waals surface area (Å²) >= 11 is 0. The summed E-state index contributed by atoms with van der Waals surface area (Å²) in [5.41, 5.74) is 11.0. The van der Waals surface area contributed by atoms with E-state index in [1.54, 1.807) is 0 Å². The predicted octanol–water partition coefficient (Wildman–Crippen LogP) is 11.6. The highest BCUT2D eigenvalue weighted by Gasteiger charge is 2.25. The second-order valence-corrected chi connectivity index (χ2v) is 12.4. The van der Waals surface area contributed by atoms with Crippen LogP contribution in [0.1, 0.15) is 22.3 Å². The van der Waals surface area contributed by atoms with Gasteiger partial charge in [-0.3, -0.25) is 0 Å². The van der Waals surface area contributed by atoms with Gasteiger partial charge in [-0.25, -0.2) is 13.6 Å². The van der Waals surface area contributed by atoms with Crippen LogP contribution in [0.4, 0.5) is 14.5 Å². The van der Waals surface area contributed by atoms with Crippen molar-refractivity contribution in [2.45, 2.75) is 27.7 Å². The lowest BCUT2D eigenvalue weighted by atomic mass is 10.00. The van der Waals surface area contributed by atoms with Crippen molar-refractivity contribution in [2.24, 2.45) is 0 Å². The van der Waals surface area contributed by atoms with Crippen molar-refractivity contribution in [1.82, 2.24) is 9.13 Å². The van der Waals surface area contributed by atoms with Gasteiger partial charge in [0.15, 0.2) is 0 Å². The molecular formula is C41H29F2N3. The molecule has 5 heteroatoms. The number of aromatic nitrogens is 2. The fourth-order valence-electron chi connectivity index (χ4n) is 7.03. The summed E-state index contributed by atoms with van der Waals surface area (Å²) < 4.78 is 33.8. The Kier molecular flexibility index (Phi) is 6.13. The first-order valence-corrected chi connectivity index (χ1v) is 15.3. The summed E-state index contributed by atoms with van der Waals surface area (Å²) in [4.78, 5) is 4.23. The van der Waals surface area contributed by atoms with Crippen molar-refractivity contribution in [2.75, 3.05) is 0 Å². The zero-order chi connectivity index (χ0) is 31.9. The van der Waals surface area contributed by atoms with Crippen molar-refractivity contribution >= 4 is 49.3 Å². The molecule has 2 heterocycles. The molecule has 8 rings (SSSR count). The Labute approximate surface area is 265 Å². The Balaban J connectivity index is 1.58. The van der Waals surface area contributed by atoms with Crippen LogP contribution in [0.5, 0.6) is 0 Å². The van der Waals surface area contributed by atoms with Gasteiger partial charge >= 0.3 is 0 Å². The quantitative estimate of drug-likeness (QED) is 0.179. The summed E-state index contributed by atoms with van der Waals surface area (Å²) in [5.74, 6) is -1.34. The molecule has 0 spiro atoms. The number of fused-ring (bicyclic) bond motifs is 6. The summed E-state index contributed by atoms with van der Waals surface area (Å²) in [6.07, 6.45) is 0. The van der Waals surface area contributed by atoms with Gasteiger partial charge in [0.05, 0.1) is 40.0 Å². The van der Waals surface area contributed by atoms with Gasteiger partial charge in [0.25, 0.3) is 0 Å². The lowest BCUT2D eigenvalue weighted by Crippen LogP contribution is -2.03. The van der Waals surface area contributed by atoms with Crippen LogP contribution >= 0.6 is 0 Å². The van der Waals surface area contributed by atoms with Crippen LogP contribution < -0.4 is 0 Å². The average molecular weight is 602 g/mol. The molecule has 0 N–H and O–H groups in total. The van der Waals surface area contributed by atoms with Gasteiger partial charge in [-0.15, -0.1) is 0 Å². The van der Waals surface area contributed by atoms with E-state index >= 15 is 0 Å². The first-order valence-electron chi connectivity index (χ1n) is 15.3. The monoisotopic (exact) mass is 601 g/mol. The predicted molar refractivity (Wildman–Crippen MR) is 186 cm³/mol. The molecule has 222 valence electrons. The molecule has 2 aromatic heterocycles. The van der Waals surface area contributed by atoms with E-state index in [1.807, 2.05) is 12.1 Å². The fraction of sp³-hybridized carbons (Fsp3) is 0.0976. The minimum Gasteiger partial charge on any atom is -0.319 e. The summed E-state index contributed by atoms with van der Waals surface area (Å²) in [6, 6.07) is 32.7. The van der Waals surface area contributed by atoms with Gasteiger partial charge in [0.2, 0.25) is 5.69 Å². The van der Waals surface area contributed by atoms with Crippen LogP contribution in [0.2, 0.25) is 0 Å². The zero-order valence-electron chi connectivity index (χ0n) is 25.9. The standard InChI is InChI=1S/C41H29F2N3/c1-23-6-11-35-31(16-23)32-17-24(2)7-12-36(32)45(35)39-15-10-30(27-20-28(42)22-29(43)21-27)41(40(39)44-5)46-37-13-8-25(3)18-33(37)34-19-26(4)9-14-38(34)46/h6-22H,1-4H3. The van der Waals surface area contributed by atoms with Crippen LogP contribution in [0.15, 0.2) is 103 Å². The van der Waals surface area contributed by atoms with Crippen LogP contribution in [-0.2, 0) is 0 Å². The molecule has 0 fully saturated rings. The smallest absolute Gasteiger partial charge is 0.234 e. The first-order chi connectivity index (χ1) is 22.2. The van der Waals surface area contributed by atoms with Crippen molar-refractivity contribution in [1.29, 1.82) is 0 Å². The molecule has 3 nitrogen and oxygen atoms in total. The minimum absolute atomic E-state index is 0.367. The molecule has 0 atom stereocenters. The molecule has 0 unspecified atom stereocenters. The van der Waals surface area contributed by atoms with Crippen molar-refractivity contribution < 1.29 is 8.78 Å². The lowest BCUT2D eigenvalue weighted by Gasteiger charge is -2.20. The summed E-state index contributed by atoms with van der Waals surface area (Å²) in [7, 11) is 0. The van der Waals surface area contributed by atoms with Gasteiger partial charge in [0, 0.05) is 27.6 Å². The highest BCUT2D eigenvalue weighted by molar-refractivity contribution is 6.13. The van der Waals surface area contributed by atoms with Crippen LogP contribution in [0.25, 0.3) is 71.0 Å². The number of rotatable bonds is 3. The number of nitrogens with zero attached hydrogens (tertiary/aromatic N) is 3. The zero-order valence-corrected chi connectivity index (χ0v) is 25.9. The van der Waals surface area contributed by atoms with Crippen LogP contribution in [-0.4, -0.2) is 9.13 Å². The highest BCUT2D eigenvalue weighted by atomic mass is 19.1. The molecule has 0 bridgehead atoms. The third kappa shape index (κ3) is 4.14. The highest BCUT2D eigenvalue weighted by Crippen LogP contribution is 2.46.